The lowest BCUT2D eigenvalue weighted by Crippen LogP contribution is -2.47. The Hall–Kier alpha value is -1.23. The molecule has 1 amide bonds. The summed E-state index contributed by atoms with van der Waals surface area (Å²) < 4.78 is 0. The monoisotopic (exact) mass is 348 g/mol. The van der Waals surface area contributed by atoms with E-state index in [4.69, 9.17) is 0 Å². The Morgan fingerprint density at radius 3 is 2.71 bits per heavy atom. The van der Waals surface area contributed by atoms with Crippen molar-refractivity contribution in [3.63, 3.8) is 0 Å². The molecule has 2 fully saturated rings. The van der Waals surface area contributed by atoms with Crippen LogP contribution in [0.5, 0.6) is 0 Å². The molecule has 24 heavy (non-hydrogen) atoms. The molecule has 2 atom stereocenters. The molecule has 0 unspecified atom stereocenters. The third-order valence-electron chi connectivity index (χ3n) is 5.36. The van der Waals surface area contributed by atoms with Crippen molar-refractivity contribution in [1.82, 2.24) is 9.88 Å². The number of nitrogens with zero attached hydrogens (tertiary/aromatic N) is 2. The number of thiazole rings is 1. The first-order valence-electron chi connectivity index (χ1n) is 9.37. The number of hydrogen-bond acceptors (Lipinski definition) is 4. The number of rotatable bonds is 3. The summed E-state index contributed by atoms with van der Waals surface area (Å²) in [5, 5.41) is 2.90. The number of aromatic nitrogens is 1. The van der Waals surface area contributed by atoms with Gasteiger partial charge < -0.3 is 4.90 Å². The molecule has 3 rings (SSSR count). The van der Waals surface area contributed by atoms with Gasteiger partial charge >= 0.3 is 0 Å². The van der Waals surface area contributed by atoms with Crippen LogP contribution in [-0.2, 0) is 4.79 Å². The average molecular weight is 349 g/mol. The molecular formula is C19H28N2O2S. The predicted octanol–water partition coefficient (Wildman–Crippen LogP) is 4.41. The number of Topliss-reactive ketones (excluding diaryl/α,β-unsaturated/α-hetero) is 1. The SMILES string of the molecule is CC(C)c1nc(C(=O)N2CCCCC[C@H]2[C@@H]2CCCCC2=O)cs1. The maximum Gasteiger partial charge on any atom is 0.273 e. The van der Waals surface area contributed by atoms with E-state index in [9.17, 15) is 9.59 Å². The topological polar surface area (TPSA) is 50.3 Å². The summed E-state index contributed by atoms with van der Waals surface area (Å²) in [6, 6.07) is 0.0806. The largest absolute Gasteiger partial charge is 0.334 e. The molecule has 1 aromatic heterocycles. The Morgan fingerprint density at radius 2 is 2.00 bits per heavy atom. The van der Waals surface area contributed by atoms with Gasteiger partial charge in [-0.15, -0.1) is 11.3 Å². The summed E-state index contributed by atoms with van der Waals surface area (Å²) in [4.78, 5) is 32.1. The molecule has 132 valence electrons. The average Bonchev–Trinajstić information content (AvgIpc) is 2.94. The van der Waals surface area contributed by atoms with Crippen molar-refractivity contribution in [1.29, 1.82) is 0 Å². The molecule has 1 aliphatic heterocycles. The molecule has 2 aliphatic rings. The van der Waals surface area contributed by atoms with E-state index in [-0.39, 0.29) is 17.9 Å². The number of carbonyl (C=O) groups excluding carboxylic acids is 2. The highest BCUT2D eigenvalue weighted by atomic mass is 32.1. The maximum atomic E-state index is 13.1. The molecule has 0 aromatic carbocycles. The fourth-order valence-electron chi connectivity index (χ4n) is 4.02. The zero-order valence-corrected chi connectivity index (χ0v) is 15.6. The Morgan fingerprint density at radius 1 is 1.21 bits per heavy atom. The third-order valence-corrected chi connectivity index (χ3v) is 6.51. The lowest BCUT2D eigenvalue weighted by atomic mass is 9.80. The molecule has 0 radical (unpaired) electrons. The Bertz CT molecular complexity index is 596. The molecule has 0 N–H and O–H groups in total. The van der Waals surface area contributed by atoms with E-state index >= 15 is 0 Å². The molecular weight excluding hydrogens is 320 g/mol. The normalized spacial score (nSPS) is 25.8. The number of carbonyl (C=O) groups is 2. The second-order valence-electron chi connectivity index (χ2n) is 7.46. The van der Waals surface area contributed by atoms with Gasteiger partial charge in [-0.3, -0.25) is 9.59 Å². The lowest BCUT2D eigenvalue weighted by molar-refractivity contribution is -0.126. The molecule has 1 saturated heterocycles. The van der Waals surface area contributed by atoms with Crippen LogP contribution >= 0.6 is 11.3 Å². The van der Waals surface area contributed by atoms with Gasteiger partial charge in [-0.25, -0.2) is 4.98 Å². The molecule has 5 heteroatoms. The second-order valence-corrected chi connectivity index (χ2v) is 8.35. The second kappa shape index (κ2) is 7.77. The van der Waals surface area contributed by atoms with E-state index in [1.807, 2.05) is 10.3 Å². The molecule has 2 heterocycles. The summed E-state index contributed by atoms with van der Waals surface area (Å²) in [5.74, 6) is 0.788. The minimum atomic E-state index is 0.0309. The molecule has 0 spiro atoms. The summed E-state index contributed by atoms with van der Waals surface area (Å²) in [7, 11) is 0. The first kappa shape index (κ1) is 17.6. The number of amides is 1. The summed E-state index contributed by atoms with van der Waals surface area (Å²) in [6.45, 7) is 4.97. The van der Waals surface area contributed by atoms with Crippen LogP contribution in [0.3, 0.4) is 0 Å². The van der Waals surface area contributed by atoms with Crippen LogP contribution in [0.15, 0.2) is 5.38 Å². The lowest BCUT2D eigenvalue weighted by Gasteiger charge is -2.36. The number of ketones is 1. The van der Waals surface area contributed by atoms with Gasteiger partial charge in [0.2, 0.25) is 0 Å². The summed E-state index contributed by atoms with van der Waals surface area (Å²) in [5.41, 5.74) is 0.568. The van der Waals surface area contributed by atoms with Crippen LogP contribution in [0.25, 0.3) is 0 Å². The summed E-state index contributed by atoms with van der Waals surface area (Å²) in [6.07, 6.45) is 8.03. The van der Waals surface area contributed by atoms with Crippen molar-refractivity contribution < 1.29 is 9.59 Å². The first-order valence-corrected chi connectivity index (χ1v) is 10.2. The van der Waals surface area contributed by atoms with Gasteiger partial charge in [-0.05, 0) is 25.7 Å². The zero-order chi connectivity index (χ0) is 17.1. The number of hydrogen-bond donors (Lipinski definition) is 0. The highest BCUT2D eigenvalue weighted by molar-refractivity contribution is 7.09. The highest BCUT2D eigenvalue weighted by Gasteiger charge is 2.37. The Labute approximate surface area is 148 Å². The van der Waals surface area contributed by atoms with Gasteiger partial charge in [-0.1, -0.05) is 33.1 Å². The van der Waals surface area contributed by atoms with E-state index in [2.05, 4.69) is 18.8 Å². The Balaban J connectivity index is 1.83. The van der Waals surface area contributed by atoms with Gasteiger partial charge in [0.1, 0.15) is 11.5 Å². The van der Waals surface area contributed by atoms with E-state index in [0.29, 0.717) is 23.8 Å². The van der Waals surface area contributed by atoms with E-state index in [1.54, 1.807) is 11.3 Å². The van der Waals surface area contributed by atoms with Crippen molar-refractivity contribution in [2.45, 2.75) is 77.2 Å². The quantitative estimate of drug-likeness (QED) is 0.813. The standard InChI is InChI=1S/C19H28N2O2S/c1-13(2)18-20-15(12-24-18)19(23)21-11-7-3-4-9-16(21)14-8-5-6-10-17(14)22/h12-14,16H,3-11H2,1-2H3/t14-,16-/m0/s1. The van der Waals surface area contributed by atoms with E-state index in [1.165, 1.54) is 0 Å². The van der Waals surface area contributed by atoms with E-state index < -0.39 is 0 Å². The highest BCUT2D eigenvalue weighted by Crippen LogP contribution is 2.32. The molecule has 1 saturated carbocycles. The van der Waals surface area contributed by atoms with Crippen LogP contribution in [-0.4, -0.2) is 34.2 Å². The fraction of sp³-hybridized carbons (Fsp3) is 0.737. The molecule has 0 bridgehead atoms. The molecule has 1 aromatic rings. The van der Waals surface area contributed by atoms with Crippen LogP contribution < -0.4 is 0 Å². The van der Waals surface area contributed by atoms with E-state index in [0.717, 1.165) is 56.5 Å². The van der Waals surface area contributed by atoms with Gasteiger partial charge in [0.15, 0.2) is 0 Å². The fourth-order valence-corrected chi connectivity index (χ4v) is 4.83. The van der Waals surface area contributed by atoms with Gasteiger partial charge in [0, 0.05) is 36.2 Å². The van der Waals surface area contributed by atoms with Crippen molar-refractivity contribution in [3.05, 3.63) is 16.1 Å². The van der Waals surface area contributed by atoms with Gasteiger partial charge in [0.25, 0.3) is 5.91 Å². The van der Waals surface area contributed by atoms with Gasteiger partial charge in [0.05, 0.1) is 5.01 Å². The van der Waals surface area contributed by atoms with Crippen molar-refractivity contribution in [2.75, 3.05) is 6.54 Å². The smallest absolute Gasteiger partial charge is 0.273 e. The van der Waals surface area contributed by atoms with Crippen LogP contribution in [0.4, 0.5) is 0 Å². The molecule has 1 aliphatic carbocycles. The zero-order valence-electron chi connectivity index (χ0n) is 14.8. The first-order chi connectivity index (χ1) is 11.6. The van der Waals surface area contributed by atoms with Crippen molar-refractivity contribution in [2.24, 2.45) is 5.92 Å². The predicted molar refractivity (Wildman–Crippen MR) is 96.5 cm³/mol. The van der Waals surface area contributed by atoms with Crippen molar-refractivity contribution in [3.8, 4) is 0 Å². The summed E-state index contributed by atoms with van der Waals surface area (Å²) >= 11 is 1.57. The van der Waals surface area contributed by atoms with Crippen molar-refractivity contribution >= 4 is 23.0 Å². The minimum absolute atomic E-state index is 0.0309. The van der Waals surface area contributed by atoms with Crippen LogP contribution in [0.1, 0.15) is 86.6 Å². The maximum absolute atomic E-state index is 13.1. The minimum Gasteiger partial charge on any atom is -0.334 e. The van der Waals surface area contributed by atoms with Crippen LogP contribution in [0.2, 0.25) is 0 Å². The third kappa shape index (κ3) is 3.71. The number of likely N-dealkylation sites (tertiary alicyclic amines) is 1. The van der Waals surface area contributed by atoms with Crippen LogP contribution in [0, 0.1) is 5.92 Å². The molecule has 4 nitrogen and oxygen atoms in total. The Kier molecular flexibility index (Phi) is 5.69. The van der Waals surface area contributed by atoms with Gasteiger partial charge in [-0.2, -0.15) is 0 Å².